The number of amides is 1. The molecule has 1 saturated heterocycles. The molecule has 5 heteroatoms. The summed E-state index contributed by atoms with van der Waals surface area (Å²) in [5.41, 5.74) is 0.486. The van der Waals surface area contributed by atoms with Crippen LogP contribution in [0.15, 0.2) is 30.3 Å². The number of alkyl halides is 1. The molecule has 1 atom stereocenters. The number of carbonyl (C=O) groups is 1. The van der Waals surface area contributed by atoms with E-state index in [9.17, 15) is 9.18 Å². The van der Waals surface area contributed by atoms with Crippen LogP contribution < -0.4 is 0 Å². The molecule has 4 nitrogen and oxygen atoms in total. The molecule has 1 unspecified atom stereocenters. The molecule has 1 saturated carbocycles. The summed E-state index contributed by atoms with van der Waals surface area (Å²) >= 11 is 0. The van der Waals surface area contributed by atoms with Crippen molar-refractivity contribution >= 4 is 6.09 Å². The van der Waals surface area contributed by atoms with Crippen molar-refractivity contribution in [2.24, 2.45) is 0 Å². The van der Waals surface area contributed by atoms with Gasteiger partial charge < -0.3 is 4.74 Å². The largest absolute Gasteiger partial charge is 0.444 e. The van der Waals surface area contributed by atoms with Crippen molar-refractivity contribution < 1.29 is 13.9 Å². The van der Waals surface area contributed by atoms with Crippen molar-refractivity contribution in [3.05, 3.63) is 35.9 Å². The molecule has 1 aliphatic carbocycles. The Morgan fingerprint density at radius 1 is 1.29 bits per heavy atom. The summed E-state index contributed by atoms with van der Waals surface area (Å²) in [4.78, 5) is 16.5. The van der Waals surface area contributed by atoms with E-state index in [-0.39, 0.29) is 17.7 Å². The molecule has 1 heterocycles. The van der Waals surface area contributed by atoms with Crippen LogP contribution in [-0.4, -0.2) is 52.8 Å². The predicted octanol–water partition coefficient (Wildman–Crippen LogP) is 3.61. The third-order valence-corrected chi connectivity index (χ3v) is 4.83. The number of ether oxygens (including phenoxy) is 1. The summed E-state index contributed by atoms with van der Waals surface area (Å²) in [6, 6.07) is 9.85. The summed E-state index contributed by atoms with van der Waals surface area (Å²) in [6.45, 7) is 6.98. The highest BCUT2D eigenvalue weighted by atomic mass is 19.1. The Morgan fingerprint density at radius 2 is 1.96 bits per heavy atom. The van der Waals surface area contributed by atoms with Crippen LogP contribution in [0.1, 0.15) is 39.2 Å². The average Bonchev–Trinajstić information content (AvgIpc) is 3.26. The molecule has 2 fully saturated rings. The molecule has 0 radical (unpaired) electrons. The minimum Gasteiger partial charge on any atom is -0.444 e. The molecule has 1 aromatic rings. The van der Waals surface area contributed by atoms with E-state index in [4.69, 9.17) is 4.74 Å². The van der Waals surface area contributed by atoms with E-state index >= 15 is 0 Å². The molecule has 1 aliphatic heterocycles. The van der Waals surface area contributed by atoms with E-state index < -0.39 is 12.3 Å². The van der Waals surface area contributed by atoms with Crippen molar-refractivity contribution in [1.82, 2.24) is 9.80 Å². The van der Waals surface area contributed by atoms with Crippen LogP contribution >= 0.6 is 0 Å². The second-order valence-corrected chi connectivity index (χ2v) is 8.01. The fourth-order valence-corrected chi connectivity index (χ4v) is 3.42. The molecule has 132 valence electrons. The summed E-state index contributed by atoms with van der Waals surface area (Å²) in [5.74, 6) is 0. The van der Waals surface area contributed by atoms with Crippen molar-refractivity contribution in [2.45, 2.75) is 57.3 Å². The molecule has 1 aromatic carbocycles. The van der Waals surface area contributed by atoms with Crippen molar-refractivity contribution in [3.8, 4) is 0 Å². The van der Waals surface area contributed by atoms with Gasteiger partial charge in [-0.3, -0.25) is 9.80 Å². The molecule has 0 aromatic heterocycles. The Bertz CT molecular complexity index is 581. The molecule has 0 bridgehead atoms. The van der Waals surface area contributed by atoms with Crippen LogP contribution in [0.5, 0.6) is 0 Å². The fourth-order valence-electron chi connectivity index (χ4n) is 3.42. The van der Waals surface area contributed by atoms with E-state index in [0.29, 0.717) is 6.54 Å². The normalized spacial score (nSPS) is 23.3. The van der Waals surface area contributed by atoms with Gasteiger partial charge in [-0.25, -0.2) is 9.18 Å². The fraction of sp³-hybridized carbons (Fsp3) is 0.632. The lowest BCUT2D eigenvalue weighted by molar-refractivity contribution is -0.0286. The molecule has 1 amide bonds. The molecule has 24 heavy (non-hydrogen) atoms. The number of nitrogens with zero attached hydrogens (tertiary/aromatic N) is 2. The highest BCUT2D eigenvalue weighted by Gasteiger charge is 2.56. The van der Waals surface area contributed by atoms with Crippen molar-refractivity contribution in [2.75, 3.05) is 19.8 Å². The van der Waals surface area contributed by atoms with Gasteiger partial charge in [0, 0.05) is 19.6 Å². The maximum Gasteiger partial charge on any atom is 0.410 e. The summed E-state index contributed by atoms with van der Waals surface area (Å²) in [5, 5.41) is 0. The van der Waals surface area contributed by atoms with Gasteiger partial charge in [0.1, 0.15) is 12.3 Å². The van der Waals surface area contributed by atoms with Crippen LogP contribution in [0.3, 0.4) is 0 Å². The van der Waals surface area contributed by atoms with Gasteiger partial charge in [0.2, 0.25) is 0 Å². The molecule has 3 rings (SSSR count). The molecule has 0 N–H and O–H groups in total. The topological polar surface area (TPSA) is 32.8 Å². The van der Waals surface area contributed by atoms with Crippen LogP contribution in [-0.2, 0) is 11.3 Å². The van der Waals surface area contributed by atoms with Gasteiger partial charge in [-0.15, -0.1) is 0 Å². The van der Waals surface area contributed by atoms with Crippen molar-refractivity contribution in [3.63, 3.8) is 0 Å². The predicted molar refractivity (Wildman–Crippen MR) is 91.5 cm³/mol. The Balaban J connectivity index is 1.73. The van der Waals surface area contributed by atoms with Gasteiger partial charge in [0.15, 0.2) is 0 Å². The first-order valence-corrected chi connectivity index (χ1v) is 8.68. The second kappa shape index (κ2) is 6.36. The summed E-state index contributed by atoms with van der Waals surface area (Å²) in [6.07, 6.45) is 1.63. The molecule has 2 aliphatic rings. The van der Waals surface area contributed by atoms with E-state index in [0.717, 1.165) is 25.9 Å². The standard InChI is InChI=1S/C19H27FN2O2/c1-18(2,3)24-17(23)22-13-16(11-20)21(14-19(22)9-10-19)12-15-7-5-4-6-8-15/h4-8,16H,9-14H2,1-3H3. The van der Waals surface area contributed by atoms with Crippen molar-refractivity contribution in [1.29, 1.82) is 0 Å². The van der Waals surface area contributed by atoms with Crippen LogP contribution in [0.4, 0.5) is 9.18 Å². The third kappa shape index (κ3) is 3.72. The smallest absolute Gasteiger partial charge is 0.410 e. The number of rotatable bonds is 3. The number of hydrogen-bond acceptors (Lipinski definition) is 3. The van der Waals surface area contributed by atoms with E-state index in [1.807, 2.05) is 39.0 Å². The van der Waals surface area contributed by atoms with Gasteiger partial charge in [0.05, 0.1) is 11.6 Å². The summed E-state index contributed by atoms with van der Waals surface area (Å²) < 4.78 is 19.2. The first-order chi connectivity index (χ1) is 11.3. The highest BCUT2D eigenvalue weighted by Crippen LogP contribution is 2.46. The monoisotopic (exact) mass is 334 g/mol. The first-order valence-electron chi connectivity index (χ1n) is 8.68. The zero-order valence-corrected chi connectivity index (χ0v) is 14.8. The van der Waals surface area contributed by atoms with Gasteiger partial charge >= 0.3 is 6.09 Å². The lowest BCUT2D eigenvalue weighted by atomic mass is 10.0. The lowest BCUT2D eigenvalue weighted by Crippen LogP contribution is -2.62. The van der Waals surface area contributed by atoms with E-state index in [1.165, 1.54) is 5.56 Å². The van der Waals surface area contributed by atoms with E-state index in [2.05, 4.69) is 17.0 Å². The number of halogens is 1. The zero-order chi connectivity index (χ0) is 17.4. The number of hydrogen-bond donors (Lipinski definition) is 0. The Kier molecular flexibility index (Phi) is 4.56. The quantitative estimate of drug-likeness (QED) is 0.846. The second-order valence-electron chi connectivity index (χ2n) is 8.01. The summed E-state index contributed by atoms with van der Waals surface area (Å²) in [7, 11) is 0. The maximum atomic E-state index is 13.7. The van der Waals surface area contributed by atoms with Gasteiger partial charge in [-0.2, -0.15) is 0 Å². The van der Waals surface area contributed by atoms with E-state index in [1.54, 1.807) is 4.90 Å². The molecule has 1 spiro atoms. The number of benzene rings is 1. The van der Waals surface area contributed by atoms with Crippen LogP contribution in [0, 0.1) is 0 Å². The first kappa shape index (κ1) is 17.2. The Labute approximate surface area is 143 Å². The average molecular weight is 334 g/mol. The number of piperazine rings is 1. The zero-order valence-electron chi connectivity index (χ0n) is 14.8. The lowest BCUT2D eigenvalue weighted by Gasteiger charge is -2.46. The minimum atomic E-state index is -0.528. The third-order valence-electron chi connectivity index (χ3n) is 4.83. The SMILES string of the molecule is CC(C)(C)OC(=O)N1CC(CF)N(Cc2ccccc2)CC12CC2. The highest BCUT2D eigenvalue weighted by molar-refractivity contribution is 5.70. The van der Waals surface area contributed by atoms with Crippen LogP contribution in [0.25, 0.3) is 0 Å². The van der Waals surface area contributed by atoms with Gasteiger partial charge in [-0.05, 0) is 39.2 Å². The van der Waals surface area contributed by atoms with Gasteiger partial charge in [-0.1, -0.05) is 30.3 Å². The minimum absolute atomic E-state index is 0.164. The number of carbonyl (C=O) groups excluding carboxylic acids is 1. The molecular weight excluding hydrogens is 307 g/mol. The van der Waals surface area contributed by atoms with Gasteiger partial charge in [0.25, 0.3) is 0 Å². The maximum absolute atomic E-state index is 13.7. The van der Waals surface area contributed by atoms with Crippen LogP contribution in [0.2, 0.25) is 0 Å². The molecular formula is C19H27FN2O2. The Hall–Kier alpha value is -1.62. The Morgan fingerprint density at radius 3 is 2.50 bits per heavy atom.